The summed E-state index contributed by atoms with van der Waals surface area (Å²) in [6, 6.07) is 0. The highest BCUT2D eigenvalue weighted by atomic mass is 32.1. The fraction of sp³-hybridized carbons (Fsp3) is 0.545. The largest absolute Gasteiger partial charge is 0.392 e. The monoisotopic (exact) mass is 239 g/mol. The Bertz CT molecular complexity index is 487. The van der Waals surface area contributed by atoms with E-state index in [4.69, 9.17) is 0 Å². The predicted molar refractivity (Wildman–Crippen MR) is 65.9 cm³/mol. The van der Waals surface area contributed by atoms with Gasteiger partial charge in [-0.3, -0.25) is 4.40 Å². The molecule has 2 N–H and O–H groups in total. The Labute approximate surface area is 98.9 Å². The lowest BCUT2D eigenvalue weighted by molar-refractivity contribution is 0.190. The molecular weight excluding hydrogens is 222 g/mol. The minimum atomic E-state index is -0.312. The van der Waals surface area contributed by atoms with Crippen molar-refractivity contribution in [2.24, 2.45) is 0 Å². The molecule has 0 saturated carbocycles. The molecule has 0 unspecified atom stereocenters. The summed E-state index contributed by atoms with van der Waals surface area (Å²) in [5, 5.41) is 12.4. The van der Waals surface area contributed by atoms with Crippen LogP contribution >= 0.6 is 11.3 Å². The van der Waals surface area contributed by atoms with Crippen molar-refractivity contribution in [1.29, 1.82) is 0 Å². The Kier molecular flexibility index (Phi) is 3.28. The van der Waals surface area contributed by atoms with E-state index in [2.05, 4.69) is 27.8 Å². The van der Waals surface area contributed by atoms with Crippen molar-refractivity contribution < 1.29 is 5.11 Å². The Morgan fingerprint density at radius 3 is 3.00 bits per heavy atom. The molecule has 0 aliphatic rings. The molecule has 16 heavy (non-hydrogen) atoms. The third-order valence-electron chi connectivity index (χ3n) is 2.47. The van der Waals surface area contributed by atoms with Crippen LogP contribution in [-0.4, -0.2) is 27.1 Å². The summed E-state index contributed by atoms with van der Waals surface area (Å²) in [6.07, 6.45) is 1.80. The van der Waals surface area contributed by atoms with E-state index in [9.17, 15) is 5.11 Å². The van der Waals surface area contributed by atoms with Crippen molar-refractivity contribution >= 4 is 16.3 Å². The Balaban J connectivity index is 2.18. The van der Waals surface area contributed by atoms with Crippen molar-refractivity contribution in [3.63, 3.8) is 0 Å². The van der Waals surface area contributed by atoms with Gasteiger partial charge in [0.25, 0.3) is 0 Å². The molecule has 0 aromatic carbocycles. The lowest BCUT2D eigenvalue weighted by atomic mass is 10.3. The molecule has 2 aromatic rings. The number of hydrogen-bond acceptors (Lipinski definition) is 4. The maximum atomic E-state index is 9.18. The number of thiazole rings is 1. The molecule has 88 valence electrons. The summed E-state index contributed by atoms with van der Waals surface area (Å²) in [5.74, 6) is 0. The van der Waals surface area contributed by atoms with E-state index < -0.39 is 0 Å². The van der Waals surface area contributed by atoms with E-state index >= 15 is 0 Å². The number of nitrogens with one attached hydrogen (secondary N) is 1. The van der Waals surface area contributed by atoms with E-state index in [1.807, 2.05) is 6.92 Å². The molecule has 2 heterocycles. The number of aliphatic hydroxyl groups excluding tert-OH is 1. The smallest absolute Gasteiger partial charge is 0.194 e. The third kappa shape index (κ3) is 2.26. The highest BCUT2D eigenvalue weighted by Gasteiger charge is 2.10. The zero-order valence-electron chi connectivity index (χ0n) is 9.82. The molecule has 0 amide bonds. The van der Waals surface area contributed by atoms with Gasteiger partial charge < -0.3 is 10.4 Å². The fourth-order valence-electron chi connectivity index (χ4n) is 1.72. The molecule has 0 saturated heterocycles. The zero-order valence-corrected chi connectivity index (χ0v) is 10.6. The second-order valence-corrected chi connectivity index (χ2v) is 5.33. The maximum absolute atomic E-state index is 9.18. The van der Waals surface area contributed by atoms with Crippen LogP contribution in [0.3, 0.4) is 0 Å². The van der Waals surface area contributed by atoms with Crippen LogP contribution in [0.4, 0.5) is 0 Å². The van der Waals surface area contributed by atoms with Crippen LogP contribution in [0, 0.1) is 13.8 Å². The summed E-state index contributed by atoms with van der Waals surface area (Å²) in [6.45, 7) is 7.24. The third-order valence-corrected chi connectivity index (χ3v) is 3.37. The molecule has 2 aromatic heterocycles. The van der Waals surface area contributed by atoms with Gasteiger partial charge in [0.05, 0.1) is 17.5 Å². The molecule has 1 atom stereocenters. The second-order valence-electron chi connectivity index (χ2n) is 4.12. The number of fused-ring (bicyclic) bond motifs is 1. The number of aromatic nitrogens is 2. The van der Waals surface area contributed by atoms with Gasteiger partial charge >= 0.3 is 0 Å². The van der Waals surface area contributed by atoms with Gasteiger partial charge in [0.15, 0.2) is 4.96 Å². The number of hydrogen-bond donors (Lipinski definition) is 2. The Morgan fingerprint density at radius 2 is 2.31 bits per heavy atom. The molecular formula is C11H17N3OS. The summed E-state index contributed by atoms with van der Waals surface area (Å²) in [5.41, 5.74) is 2.24. The number of imidazole rings is 1. The summed E-state index contributed by atoms with van der Waals surface area (Å²) in [4.78, 5) is 6.82. The molecule has 0 aliphatic carbocycles. The predicted octanol–water partition coefficient (Wildman–Crippen LogP) is 1.48. The average molecular weight is 239 g/mol. The number of aryl methyl sites for hydroxylation is 2. The van der Waals surface area contributed by atoms with Gasteiger partial charge in [-0.2, -0.15) is 0 Å². The van der Waals surface area contributed by atoms with E-state index in [0.29, 0.717) is 6.54 Å². The topological polar surface area (TPSA) is 49.6 Å². The SMILES string of the molecule is Cc1cn2c(CNC[C@H](C)O)c(C)nc2s1. The maximum Gasteiger partial charge on any atom is 0.194 e. The van der Waals surface area contributed by atoms with Gasteiger partial charge in [0.2, 0.25) is 0 Å². The number of rotatable bonds is 4. The Hall–Kier alpha value is -0.910. The lowest BCUT2D eigenvalue weighted by Gasteiger charge is -2.06. The van der Waals surface area contributed by atoms with Crippen LogP contribution in [0.2, 0.25) is 0 Å². The summed E-state index contributed by atoms with van der Waals surface area (Å²) >= 11 is 1.70. The van der Waals surface area contributed by atoms with E-state index in [1.165, 1.54) is 10.6 Å². The van der Waals surface area contributed by atoms with Crippen molar-refractivity contribution in [3.8, 4) is 0 Å². The first-order valence-electron chi connectivity index (χ1n) is 5.40. The lowest BCUT2D eigenvalue weighted by Crippen LogP contribution is -2.24. The van der Waals surface area contributed by atoms with Crippen molar-refractivity contribution in [2.75, 3.05) is 6.54 Å². The normalized spacial score (nSPS) is 13.5. The fourth-order valence-corrected chi connectivity index (χ4v) is 2.61. The van der Waals surface area contributed by atoms with Crippen LogP contribution in [0.1, 0.15) is 23.2 Å². The van der Waals surface area contributed by atoms with E-state index in [0.717, 1.165) is 17.2 Å². The van der Waals surface area contributed by atoms with Gasteiger partial charge in [0, 0.05) is 24.2 Å². The second kappa shape index (κ2) is 4.53. The van der Waals surface area contributed by atoms with Gasteiger partial charge in [-0.1, -0.05) is 0 Å². The minimum Gasteiger partial charge on any atom is -0.392 e. The van der Waals surface area contributed by atoms with Crippen molar-refractivity contribution in [2.45, 2.75) is 33.4 Å². The van der Waals surface area contributed by atoms with Crippen LogP contribution < -0.4 is 5.32 Å². The van der Waals surface area contributed by atoms with E-state index in [1.54, 1.807) is 18.3 Å². The van der Waals surface area contributed by atoms with Crippen molar-refractivity contribution in [1.82, 2.24) is 14.7 Å². The van der Waals surface area contributed by atoms with Crippen LogP contribution in [0.5, 0.6) is 0 Å². The van der Waals surface area contributed by atoms with Gasteiger partial charge in [-0.15, -0.1) is 11.3 Å². The zero-order chi connectivity index (χ0) is 11.7. The van der Waals surface area contributed by atoms with Crippen LogP contribution in [0.25, 0.3) is 4.96 Å². The van der Waals surface area contributed by atoms with Crippen molar-refractivity contribution in [3.05, 3.63) is 22.5 Å². The molecule has 0 spiro atoms. The average Bonchev–Trinajstić information content (AvgIpc) is 2.64. The molecule has 0 radical (unpaired) electrons. The van der Waals surface area contributed by atoms with Gasteiger partial charge in [-0.25, -0.2) is 4.98 Å². The van der Waals surface area contributed by atoms with Gasteiger partial charge in [-0.05, 0) is 20.8 Å². The summed E-state index contributed by atoms with van der Waals surface area (Å²) in [7, 11) is 0. The molecule has 2 rings (SSSR count). The molecule has 0 bridgehead atoms. The molecule has 0 fully saturated rings. The first-order chi connectivity index (χ1) is 7.58. The quantitative estimate of drug-likeness (QED) is 0.849. The number of nitrogens with zero attached hydrogens (tertiary/aromatic N) is 2. The number of aliphatic hydroxyl groups is 1. The van der Waals surface area contributed by atoms with Gasteiger partial charge in [0.1, 0.15) is 0 Å². The van der Waals surface area contributed by atoms with E-state index in [-0.39, 0.29) is 6.10 Å². The highest BCUT2D eigenvalue weighted by Crippen LogP contribution is 2.20. The highest BCUT2D eigenvalue weighted by molar-refractivity contribution is 7.17. The first kappa shape index (κ1) is 11.6. The molecule has 0 aliphatic heterocycles. The molecule has 4 nitrogen and oxygen atoms in total. The minimum absolute atomic E-state index is 0.312. The Morgan fingerprint density at radius 1 is 1.56 bits per heavy atom. The van der Waals surface area contributed by atoms with Crippen LogP contribution in [-0.2, 0) is 6.54 Å². The molecule has 5 heteroatoms. The first-order valence-corrected chi connectivity index (χ1v) is 6.22. The van der Waals surface area contributed by atoms with Crippen LogP contribution in [0.15, 0.2) is 6.20 Å². The summed E-state index contributed by atoms with van der Waals surface area (Å²) < 4.78 is 2.13. The standard InChI is InChI=1S/C11H17N3OS/c1-7(15)4-12-5-10-9(3)13-11-14(10)6-8(2)16-11/h6-7,12,15H,4-5H2,1-3H3/t7-/m0/s1.